The highest BCUT2D eigenvalue weighted by molar-refractivity contribution is 7.93. The molecule has 0 radical (unpaired) electrons. The van der Waals surface area contributed by atoms with Crippen LogP contribution in [0.1, 0.15) is 37.0 Å². The van der Waals surface area contributed by atoms with Crippen molar-refractivity contribution in [2.45, 2.75) is 49.6 Å². The first-order valence-corrected chi connectivity index (χ1v) is 22.0. The van der Waals surface area contributed by atoms with Gasteiger partial charge in [-0.15, -0.1) is 0 Å². The number of hydrogen-bond acceptors (Lipinski definition) is 9. The molecule has 4 aromatic carbocycles. The lowest BCUT2D eigenvalue weighted by atomic mass is 10.1. The summed E-state index contributed by atoms with van der Waals surface area (Å²) in [7, 11) is -8.21. The summed E-state index contributed by atoms with van der Waals surface area (Å²) in [6.45, 7) is 3.84. The largest absolute Gasteiger partial charge is 0.494 e. The number of urea groups is 2. The molecule has 6 aromatic rings. The number of rotatable bonds is 16. The second-order valence-corrected chi connectivity index (χ2v) is 16.8. The van der Waals surface area contributed by atoms with Gasteiger partial charge < -0.3 is 15.4 Å². The van der Waals surface area contributed by atoms with Crippen molar-refractivity contribution in [1.82, 2.24) is 20.0 Å². The molecule has 61 heavy (non-hydrogen) atoms. The fourth-order valence-electron chi connectivity index (χ4n) is 5.95. The first kappa shape index (κ1) is 43.5. The molecule has 18 heteroatoms. The number of anilines is 4. The van der Waals surface area contributed by atoms with Crippen LogP contribution in [-0.4, -0.2) is 55.5 Å². The summed E-state index contributed by atoms with van der Waals surface area (Å²) in [5.74, 6) is -0.578. The fraction of sp³-hybridized carbons (Fsp3) is 0.163. The number of benzene rings is 4. The molecule has 6 rings (SSSR count). The minimum Gasteiger partial charge on any atom is -0.494 e. The van der Waals surface area contributed by atoms with Crippen LogP contribution in [0.4, 0.5) is 36.7 Å². The van der Waals surface area contributed by atoms with Crippen molar-refractivity contribution < 1.29 is 35.6 Å². The second-order valence-electron chi connectivity index (χ2n) is 13.5. The number of carbonyl (C=O) groups is 2. The zero-order chi connectivity index (χ0) is 43.4. The summed E-state index contributed by atoms with van der Waals surface area (Å²) in [6, 6.07) is 26.9. The van der Waals surface area contributed by atoms with Gasteiger partial charge in [-0.2, -0.15) is 0 Å². The Labute approximate surface area is 353 Å². The molecule has 0 saturated heterocycles. The Hall–Kier alpha value is -7.05. The highest BCUT2D eigenvalue weighted by atomic mass is 32.2. The predicted octanol–water partition coefficient (Wildman–Crippen LogP) is 8.25. The normalized spacial score (nSPS) is 11.3. The highest BCUT2D eigenvalue weighted by Crippen LogP contribution is 2.25. The van der Waals surface area contributed by atoms with E-state index >= 15 is 0 Å². The van der Waals surface area contributed by atoms with Gasteiger partial charge >= 0.3 is 12.1 Å². The topological polar surface area (TPSA) is 192 Å². The molecule has 0 aliphatic heterocycles. The monoisotopic (exact) mass is 866 g/mol. The zero-order valence-electron chi connectivity index (χ0n) is 33.2. The van der Waals surface area contributed by atoms with Crippen molar-refractivity contribution in [2.24, 2.45) is 0 Å². The van der Waals surface area contributed by atoms with E-state index in [4.69, 9.17) is 4.74 Å². The molecule has 0 unspecified atom stereocenters. The summed E-state index contributed by atoms with van der Waals surface area (Å²) in [6.07, 6.45) is 8.04. The lowest BCUT2D eigenvalue weighted by molar-refractivity contribution is 0.0466. The maximum Gasteiger partial charge on any atom is 0.341 e. The van der Waals surface area contributed by atoms with Gasteiger partial charge in [-0.05, 0) is 115 Å². The number of sulfonamides is 2. The molecule has 316 valence electrons. The molecular weight excluding hydrogens is 824 g/mol. The average Bonchev–Trinajstić information content (AvgIpc) is 3.25. The van der Waals surface area contributed by atoms with Crippen LogP contribution < -0.4 is 24.8 Å². The summed E-state index contributed by atoms with van der Waals surface area (Å²) in [5.41, 5.74) is 2.78. The molecule has 2 aromatic heterocycles. The average molecular weight is 867 g/mol. The van der Waals surface area contributed by atoms with Crippen LogP contribution in [0.25, 0.3) is 0 Å². The van der Waals surface area contributed by atoms with E-state index in [1.807, 2.05) is 12.1 Å². The fourth-order valence-corrected chi connectivity index (χ4v) is 8.08. The number of hydrazine groups is 1. The number of hydrogen-bond donors (Lipinski definition) is 4. The van der Waals surface area contributed by atoms with Crippen molar-refractivity contribution in [2.75, 3.05) is 26.7 Å². The molecule has 0 saturated carbocycles. The number of amides is 4. The number of halogens is 1. The Kier molecular flexibility index (Phi) is 14.1. The van der Waals surface area contributed by atoms with Crippen molar-refractivity contribution >= 4 is 54.9 Å². The van der Waals surface area contributed by atoms with E-state index in [0.717, 1.165) is 34.5 Å². The first-order valence-electron chi connectivity index (χ1n) is 19.1. The Bertz CT molecular complexity index is 2640. The third kappa shape index (κ3) is 11.8. The van der Waals surface area contributed by atoms with Gasteiger partial charge in [0.05, 0.1) is 35.2 Å². The molecule has 0 fully saturated rings. The molecule has 4 amide bonds. The molecule has 0 aliphatic rings. The lowest BCUT2D eigenvalue weighted by Crippen LogP contribution is -2.52. The number of nitrogens with one attached hydrogen (secondary N) is 4. The van der Waals surface area contributed by atoms with E-state index in [1.165, 1.54) is 73.1 Å². The minimum absolute atomic E-state index is 0.0362. The van der Waals surface area contributed by atoms with Crippen LogP contribution in [0.3, 0.4) is 0 Å². The maximum atomic E-state index is 14.7. The van der Waals surface area contributed by atoms with E-state index in [2.05, 4.69) is 37.0 Å². The SMILES string of the molecule is CCCc1ccc(NS(=O)(=O)c2ccc(NC(=O)N(Cc3cccnc3)N(Cc3cccnc3)C(=O)Nc3ccc(S(=O)(=O)Nc4ccc(OCC)cc4F)cc3)cc2)cc1. The van der Waals surface area contributed by atoms with Gasteiger partial charge in [0.2, 0.25) is 0 Å². The molecule has 4 N–H and O–H groups in total. The van der Waals surface area contributed by atoms with Gasteiger partial charge in [0, 0.05) is 47.9 Å². The van der Waals surface area contributed by atoms with Gasteiger partial charge in [-0.3, -0.25) is 19.4 Å². The smallest absolute Gasteiger partial charge is 0.341 e. The quantitative estimate of drug-likeness (QED) is 0.0694. The summed E-state index contributed by atoms with van der Waals surface area (Å²) in [5, 5.41) is 7.78. The summed E-state index contributed by atoms with van der Waals surface area (Å²) < 4.78 is 77.5. The Morgan fingerprint density at radius 2 is 1.11 bits per heavy atom. The number of nitrogens with zero attached hydrogens (tertiary/aromatic N) is 4. The van der Waals surface area contributed by atoms with E-state index < -0.39 is 37.9 Å². The molecule has 15 nitrogen and oxygen atoms in total. The maximum absolute atomic E-state index is 14.7. The zero-order valence-corrected chi connectivity index (χ0v) is 34.8. The molecular formula is C43H43FN8O7S2. The molecule has 0 spiro atoms. The highest BCUT2D eigenvalue weighted by Gasteiger charge is 2.28. The van der Waals surface area contributed by atoms with Gasteiger partial charge in [0.15, 0.2) is 5.82 Å². The Balaban J connectivity index is 1.22. The van der Waals surface area contributed by atoms with E-state index in [-0.39, 0.29) is 45.7 Å². The van der Waals surface area contributed by atoms with Gasteiger partial charge in [0.25, 0.3) is 20.0 Å². The third-order valence-corrected chi connectivity index (χ3v) is 11.7. The van der Waals surface area contributed by atoms with Crippen LogP contribution in [0, 0.1) is 5.82 Å². The minimum atomic E-state index is -4.25. The Morgan fingerprint density at radius 3 is 1.56 bits per heavy atom. The molecule has 0 bridgehead atoms. The molecule has 0 aliphatic carbocycles. The lowest BCUT2D eigenvalue weighted by Gasteiger charge is -2.35. The van der Waals surface area contributed by atoms with E-state index in [0.29, 0.717) is 23.4 Å². The predicted molar refractivity (Wildman–Crippen MR) is 230 cm³/mol. The van der Waals surface area contributed by atoms with E-state index in [9.17, 15) is 30.8 Å². The second kappa shape index (κ2) is 19.8. The summed E-state index contributed by atoms with van der Waals surface area (Å²) >= 11 is 0. The third-order valence-electron chi connectivity index (χ3n) is 8.94. The van der Waals surface area contributed by atoms with Crippen molar-refractivity contribution in [3.63, 3.8) is 0 Å². The van der Waals surface area contributed by atoms with Gasteiger partial charge in [0.1, 0.15) is 5.75 Å². The Morgan fingerprint density at radius 1 is 0.623 bits per heavy atom. The number of pyridine rings is 2. The van der Waals surface area contributed by atoms with Crippen LogP contribution in [-0.2, 0) is 39.6 Å². The van der Waals surface area contributed by atoms with Gasteiger partial charge in [-0.1, -0.05) is 37.6 Å². The first-order chi connectivity index (χ1) is 29.3. The number of ether oxygens (including phenoxy) is 1. The van der Waals surface area contributed by atoms with Crippen LogP contribution in [0.5, 0.6) is 5.75 Å². The number of aromatic nitrogens is 2. The van der Waals surface area contributed by atoms with Crippen molar-refractivity contribution in [3.8, 4) is 5.75 Å². The van der Waals surface area contributed by atoms with Crippen LogP contribution in [0.2, 0.25) is 0 Å². The molecule has 2 heterocycles. The van der Waals surface area contributed by atoms with Crippen molar-refractivity contribution in [1.29, 1.82) is 0 Å². The summed E-state index contributed by atoms with van der Waals surface area (Å²) in [4.78, 5) is 36.5. The van der Waals surface area contributed by atoms with Crippen LogP contribution in [0.15, 0.2) is 150 Å². The van der Waals surface area contributed by atoms with Gasteiger partial charge in [-0.25, -0.2) is 40.8 Å². The number of aryl methyl sites for hydroxylation is 1. The van der Waals surface area contributed by atoms with E-state index in [1.54, 1.807) is 55.7 Å². The number of carbonyl (C=O) groups excluding carboxylic acids is 2. The van der Waals surface area contributed by atoms with Crippen LogP contribution >= 0.6 is 0 Å². The molecule has 0 atom stereocenters. The standard InChI is InChI=1S/C43H43FN8O7S2/c1-3-7-31-10-12-36(13-11-31)49-60(55,56)38-19-14-34(15-20-38)47-42(53)51(29-32-8-5-24-45-27-32)52(30-33-9-6-25-46-28-33)43(54)48-35-16-21-39(22-17-35)61(57,58)50-41-23-18-37(59-4-2)26-40(41)44/h5-6,8-28,49-50H,3-4,7,29-30H2,1-2H3,(H,47,53)(H,48,54). The van der Waals surface area contributed by atoms with Crippen molar-refractivity contribution in [3.05, 3.63) is 163 Å².